The monoisotopic (exact) mass is 134 g/mol. The van der Waals surface area contributed by atoms with Crippen LogP contribution < -0.4 is 0 Å². The molecule has 0 spiro atoms. The van der Waals surface area contributed by atoms with E-state index in [4.69, 9.17) is 0 Å². The van der Waals surface area contributed by atoms with Gasteiger partial charge in [-0.3, -0.25) is 0 Å². The van der Waals surface area contributed by atoms with E-state index in [1.165, 1.54) is 5.71 Å². The summed E-state index contributed by atoms with van der Waals surface area (Å²) in [5, 5.41) is 0. The zero-order valence-corrected chi connectivity index (χ0v) is 6.04. The van der Waals surface area contributed by atoms with Crippen molar-refractivity contribution in [3.05, 3.63) is 24.6 Å². The lowest BCUT2D eigenvalue weighted by Gasteiger charge is -2.16. The Morgan fingerprint density at radius 3 is 3.30 bits per heavy atom. The van der Waals surface area contributed by atoms with Crippen LogP contribution in [0.25, 0.3) is 0 Å². The van der Waals surface area contributed by atoms with Gasteiger partial charge in [-0.2, -0.15) is 0 Å². The van der Waals surface area contributed by atoms with Crippen molar-refractivity contribution in [3.8, 4) is 0 Å². The van der Waals surface area contributed by atoms with Crippen molar-refractivity contribution in [1.29, 1.82) is 0 Å². The summed E-state index contributed by atoms with van der Waals surface area (Å²) >= 11 is 0. The van der Waals surface area contributed by atoms with E-state index >= 15 is 0 Å². The minimum absolute atomic E-state index is 0.424. The molecule has 0 aromatic carbocycles. The van der Waals surface area contributed by atoms with Crippen molar-refractivity contribution in [1.82, 2.24) is 4.90 Å². The van der Waals surface area contributed by atoms with Crippen LogP contribution in [-0.2, 0) is 0 Å². The van der Waals surface area contributed by atoms with Crippen molar-refractivity contribution in [2.75, 3.05) is 7.05 Å². The summed E-state index contributed by atoms with van der Waals surface area (Å²) in [5.41, 5.74) is 1.24. The first-order valence-corrected chi connectivity index (χ1v) is 3.45. The average molecular weight is 134 g/mol. The van der Waals surface area contributed by atoms with Crippen LogP contribution >= 0.6 is 0 Å². The van der Waals surface area contributed by atoms with Gasteiger partial charge in [-0.1, -0.05) is 18.7 Å². The number of nitrogens with zero attached hydrogens (tertiary/aromatic N) is 2. The predicted molar refractivity (Wildman–Crippen MR) is 41.9 cm³/mol. The summed E-state index contributed by atoms with van der Waals surface area (Å²) in [4.78, 5) is 6.41. The third kappa shape index (κ3) is 0.561. The number of aliphatic imine (C=N–C) groups is 1. The lowest BCUT2D eigenvalue weighted by molar-refractivity contribution is 0.441. The normalized spacial score (nSPS) is 29.3. The Morgan fingerprint density at radius 2 is 2.60 bits per heavy atom. The maximum Gasteiger partial charge on any atom is 0.121 e. The fraction of sp³-hybridized carbons (Fsp3) is 0.375. The zero-order chi connectivity index (χ0) is 7.14. The SMILES string of the molecule is C=C1N=C2CC=CC2N1C. The van der Waals surface area contributed by atoms with Gasteiger partial charge in [-0.05, 0) is 0 Å². The van der Waals surface area contributed by atoms with Crippen LogP contribution in [0.1, 0.15) is 6.42 Å². The summed E-state index contributed by atoms with van der Waals surface area (Å²) in [6.45, 7) is 3.82. The maximum atomic E-state index is 4.32. The van der Waals surface area contributed by atoms with Gasteiger partial charge in [0, 0.05) is 13.5 Å². The van der Waals surface area contributed by atoms with E-state index in [0.717, 1.165) is 12.2 Å². The smallest absolute Gasteiger partial charge is 0.121 e. The molecule has 52 valence electrons. The molecule has 0 fully saturated rings. The second kappa shape index (κ2) is 1.72. The third-order valence-electron chi connectivity index (χ3n) is 2.08. The first-order valence-electron chi connectivity index (χ1n) is 3.45. The topological polar surface area (TPSA) is 15.6 Å². The Labute approximate surface area is 60.6 Å². The van der Waals surface area contributed by atoms with E-state index in [0.29, 0.717) is 6.04 Å². The Balaban J connectivity index is 2.35. The van der Waals surface area contributed by atoms with E-state index in [2.05, 4.69) is 28.6 Å². The van der Waals surface area contributed by atoms with Gasteiger partial charge in [0.15, 0.2) is 0 Å². The predicted octanol–water partition coefficient (Wildman–Crippen LogP) is 1.17. The molecule has 0 saturated carbocycles. The second-order valence-electron chi connectivity index (χ2n) is 2.71. The molecular formula is C8H10N2. The lowest BCUT2D eigenvalue weighted by atomic mass is 10.2. The first-order chi connectivity index (χ1) is 4.79. The van der Waals surface area contributed by atoms with Crippen molar-refractivity contribution in [3.63, 3.8) is 0 Å². The molecule has 1 aliphatic carbocycles. The van der Waals surface area contributed by atoms with Crippen molar-refractivity contribution >= 4 is 5.71 Å². The number of fused-ring (bicyclic) bond motifs is 1. The molecule has 0 bridgehead atoms. The highest BCUT2D eigenvalue weighted by atomic mass is 15.3. The zero-order valence-electron chi connectivity index (χ0n) is 6.04. The Kier molecular flexibility index (Phi) is 0.982. The largest absolute Gasteiger partial charge is 0.348 e. The molecule has 10 heavy (non-hydrogen) atoms. The molecule has 0 saturated heterocycles. The fourth-order valence-electron chi connectivity index (χ4n) is 1.42. The molecular weight excluding hydrogens is 124 g/mol. The number of rotatable bonds is 0. The van der Waals surface area contributed by atoms with Crippen molar-refractivity contribution < 1.29 is 0 Å². The molecule has 0 radical (unpaired) electrons. The quantitative estimate of drug-likeness (QED) is 0.454. The minimum Gasteiger partial charge on any atom is -0.348 e. The average Bonchev–Trinajstić information content (AvgIpc) is 2.41. The van der Waals surface area contributed by atoms with E-state index in [1.54, 1.807) is 0 Å². The molecule has 2 rings (SSSR count). The molecule has 0 N–H and O–H groups in total. The van der Waals surface area contributed by atoms with E-state index < -0.39 is 0 Å². The summed E-state index contributed by atoms with van der Waals surface area (Å²) in [5.74, 6) is 0.893. The van der Waals surface area contributed by atoms with Crippen LogP contribution in [0, 0.1) is 0 Å². The minimum atomic E-state index is 0.424. The summed E-state index contributed by atoms with van der Waals surface area (Å²) in [6.07, 6.45) is 5.34. The summed E-state index contributed by atoms with van der Waals surface area (Å²) in [7, 11) is 2.03. The highest BCUT2D eigenvalue weighted by Crippen LogP contribution is 2.24. The van der Waals surface area contributed by atoms with Crippen LogP contribution in [0.15, 0.2) is 29.5 Å². The molecule has 2 heteroatoms. The highest BCUT2D eigenvalue weighted by Gasteiger charge is 2.27. The molecule has 0 amide bonds. The molecule has 1 heterocycles. The van der Waals surface area contributed by atoms with Crippen LogP contribution in [0.3, 0.4) is 0 Å². The molecule has 1 aliphatic heterocycles. The Bertz CT molecular complexity index is 238. The van der Waals surface area contributed by atoms with Gasteiger partial charge in [-0.15, -0.1) is 0 Å². The molecule has 2 aliphatic rings. The summed E-state index contributed by atoms with van der Waals surface area (Å²) in [6, 6.07) is 0.424. The molecule has 0 aromatic rings. The van der Waals surface area contributed by atoms with E-state index in [-0.39, 0.29) is 0 Å². The second-order valence-corrected chi connectivity index (χ2v) is 2.71. The number of hydrogen-bond donors (Lipinski definition) is 0. The fourth-order valence-corrected chi connectivity index (χ4v) is 1.42. The summed E-state index contributed by atoms with van der Waals surface area (Å²) < 4.78 is 0. The number of allylic oxidation sites excluding steroid dienone is 1. The van der Waals surface area contributed by atoms with Crippen molar-refractivity contribution in [2.45, 2.75) is 12.5 Å². The van der Waals surface area contributed by atoms with Gasteiger partial charge in [0.2, 0.25) is 0 Å². The Morgan fingerprint density at radius 1 is 1.80 bits per heavy atom. The number of likely N-dealkylation sites (N-methyl/N-ethyl adjacent to an activating group) is 1. The standard InChI is InChI=1S/C8H10N2/c1-6-9-7-4-3-5-8(7)10(6)2/h3,5,8H,1,4H2,2H3. The molecule has 0 aromatic heterocycles. The third-order valence-corrected chi connectivity index (χ3v) is 2.08. The van der Waals surface area contributed by atoms with Gasteiger partial charge in [0.05, 0.1) is 11.8 Å². The molecule has 1 unspecified atom stereocenters. The van der Waals surface area contributed by atoms with E-state index in [1.807, 2.05) is 7.05 Å². The van der Waals surface area contributed by atoms with E-state index in [9.17, 15) is 0 Å². The van der Waals surface area contributed by atoms with Gasteiger partial charge in [0.25, 0.3) is 0 Å². The highest BCUT2D eigenvalue weighted by molar-refractivity contribution is 5.97. The maximum absolute atomic E-state index is 4.32. The van der Waals surface area contributed by atoms with Crippen LogP contribution in [-0.4, -0.2) is 23.7 Å². The van der Waals surface area contributed by atoms with Gasteiger partial charge in [0.1, 0.15) is 5.82 Å². The van der Waals surface area contributed by atoms with Crippen molar-refractivity contribution in [2.24, 2.45) is 4.99 Å². The Hall–Kier alpha value is -1.05. The first kappa shape index (κ1) is 5.71. The van der Waals surface area contributed by atoms with Crippen LogP contribution in [0.4, 0.5) is 0 Å². The van der Waals surface area contributed by atoms with Crippen LogP contribution in [0.5, 0.6) is 0 Å². The molecule has 1 atom stereocenters. The van der Waals surface area contributed by atoms with Crippen LogP contribution in [0.2, 0.25) is 0 Å². The van der Waals surface area contributed by atoms with Gasteiger partial charge < -0.3 is 4.90 Å². The number of hydrogen-bond acceptors (Lipinski definition) is 2. The van der Waals surface area contributed by atoms with Gasteiger partial charge >= 0.3 is 0 Å². The lowest BCUT2D eigenvalue weighted by Crippen LogP contribution is -2.26. The molecule has 2 nitrogen and oxygen atoms in total. The van der Waals surface area contributed by atoms with Gasteiger partial charge in [-0.25, -0.2) is 4.99 Å².